The summed E-state index contributed by atoms with van der Waals surface area (Å²) in [5.74, 6) is -0.489. The van der Waals surface area contributed by atoms with Gasteiger partial charge in [0.05, 0.1) is 6.04 Å². The van der Waals surface area contributed by atoms with E-state index in [1.54, 1.807) is 24.5 Å². The molecule has 1 aliphatic heterocycles. The lowest BCUT2D eigenvalue weighted by molar-refractivity contribution is -0.152. The number of esters is 1. The summed E-state index contributed by atoms with van der Waals surface area (Å²) in [5, 5.41) is 3.63. The minimum atomic E-state index is -0.676. The summed E-state index contributed by atoms with van der Waals surface area (Å²) in [4.78, 5) is 32.0. The SMILES string of the molecule is CC(C)[C@@H](C(=O)OCc1ccccc1)N(C)C(=O)N1[C@H](c2cccnc2)CCN1C. The molecule has 160 valence electrons. The number of likely N-dealkylation sites (N-methyl/N-ethyl adjacent to an activating group) is 1. The fourth-order valence-electron chi connectivity index (χ4n) is 3.91. The molecule has 0 N–H and O–H groups in total. The second-order valence-corrected chi connectivity index (χ2v) is 7.99. The number of amides is 2. The Kier molecular flexibility index (Phi) is 7.05. The van der Waals surface area contributed by atoms with E-state index in [9.17, 15) is 9.59 Å². The molecule has 0 radical (unpaired) electrons. The molecule has 0 bridgehead atoms. The summed E-state index contributed by atoms with van der Waals surface area (Å²) in [6, 6.07) is 12.4. The molecule has 1 aromatic carbocycles. The fraction of sp³-hybridized carbons (Fsp3) is 0.435. The molecule has 7 nitrogen and oxygen atoms in total. The number of hydrazine groups is 1. The van der Waals surface area contributed by atoms with Crippen LogP contribution < -0.4 is 0 Å². The number of hydrogen-bond acceptors (Lipinski definition) is 5. The number of carbonyl (C=O) groups is 2. The van der Waals surface area contributed by atoms with Crippen LogP contribution in [0.4, 0.5) is 4.79 Å². The monoisotopic (exact) mass is 410 g/mol. The van der Waals surface area contributed by atoms with Gasteiger partial charge in [-0.3, -0.25) is 4.98 Å². The summed E-state index contributed by atoms with van der Waals surface area (Å²) < 4.78 is 5.55. The molecule has 1 fully saturated rings. The highest BCUT2D eigenvalue weighted by molar-refractivity contribution is 5.84. The van der Waals surface area contributed by atoms with Crippen molar-refractivity contribution in [3.63, 3.8) is 0 Å². The Morgan fingerprint density at radius 3 is 2.57 bits per heavy atom. The van der Waals surface area contributed by atoms with Crippen LogP contribution in [0.25, 0.3) is 0 Å². The number of carbonyl (C=O) groups excluding carboxylic acids is 2. The number of pyridine rings is 1. The van der Waals surface area contributed by atoms with E-state index in [0.717, 1.165) is 24.1 Å². The third kappa shape index (κ3) is 4.79. The lowest BCUT2D eigenvalue weighted by Crippen LogP contribution is -2.54. The highest BCUT2D eigenvalue weighted by atomic mass is 16.5. The first-order valence-corrected chi connectivity index (χ1v) is 10.3. The maximum atomic E-state index is 13.4. The highest BCUT2D eigenvalue weighted by Crippen LogP contribution is 2.32. The van der Waals surface area contributed by atoms with E-state index in [-0.39, 0.29) is 24.6 Å². The van der Waals surface area contributed by atoms with Crippen molar-refractivity contribution >= 4 is 12.0 Å². The largest absolute Gasteiger partial charge is 0.459 e. The molecule has 2 atom stereocenters. The maximum absolute atomic E-state index is 13.4. The minimum absolute atomic E-state index is 0.0908. The molecule has 1 aromatic heterocycles. The normalized spacial score (nSPS) is 17.8. The Hall–Kier alpha value is -2.93. The fourth-order valence-corrected chi connectivity index (χ4v) is 3.91. The minimum Gasteiger partial charge on any atom is -0.459 e. The summed E-state index contributed by atoms with van der Waals surface area (Å²) in [6.07, 6.45) is 4.32. The Labute approximate surface area is 178 Å². The zero-order chi connectivity index (χ0) is 21.7. The van der Waals surface area contributed by atoms with Crippen LogP contribution in [0.3, 0.4) is 0 Å². The van der Waals surface area contributed by atoms with Gasteiger partial charge < -0.3 is 9.64 Å². The van der Waals surface area contributed by atoms with Crippen molar-refractivity contribution in [3.8, 4) is 0 Å². The molecule has 0 unspecified atom stereocenters. The summed E-state index contributed by atoms with van der Waals surface area (Å²) >= 11 is 0. The van der Waals surface area contributed by atoms with Gasteiger partial charge in [0.1, 0.15) is 12.6 Å². The molecular weight excluding hydrogens is 380 g/mol. The van der Waals surface area contributed by atoms with Crippen molar-refractivity contribution in [2.45, 2.75) is 39.0 Å². The number of benzene rings is 1. The van der Waals surface area contributed by atoms with Crippen LogP contribution in [0, 0.1) is 5.92 Å². The Morgan fingerprint density at radius 2 is 1.93 bits per heavy atom. The highest BCUT2D eigenvalue weighted by Gasteiger charge is 2.40. The molecular formula is C23H30N4O3. The second-order valence-electron chi connectivity index (χ2n) is 7.99. The summed E-state index contributed by atoms with van der Waals surface area (Å²) in [5.41, 5.74) is 1.90. The first-order chi connectivity index (χ1) is 14.4. The van der Waals surface area contributed by atoms with Gasteiger partial charge in [-0.1, -0.05) is 50.2 Å². The van der Waals surface area contributed by atoms with Crippen LogP contribution in [0.2, 0.25) is 0 Å². The Morgan fingerprint density at radius 1 is 1.20 bits per heavy atom. The first kappa shape index (κ1) is 21.8. The quantitative estimate of drug-likeness (QED) is 0.682. The van der Waals surface area contributed by atoms with E-state index in [1.807, 2.05) is 68.4 Å². The van der Waals surface area contributed by atoms with Gasteiger partial charge in [-0.15, -0.1) is 0 Å². The summed E-state index contributed by atoms with van der Waals surface area (Å²) in [6.45, 7) is 4.78. The van der Waals surface area contributed by atoms with Crippen LogP contribution in [-0.4, -0.2) is 58.6 Å². The van der Waals surface area contributed by atoms with Gasteiger partial charge in [-0.2, -0.15) is 0 Å². The zero-order valence-electron chi connectivity index (χ0n) is 18.1. The Balaban J connectivity index is 1.74. The first-order valence-electron chi connectivity index (χ1n) is 10.3. The number of hydrogen-bond donors (Lipinski definition) is 0. The molecule has 0 aliphatic carbocycles. The van der Waals surface area contributed by atoms with Gasteiger partial charge in [-0.05, 0) is 29.5 Å². The number of urea groups is 1. The molecule has 30 heavy (non-hydrogen) atoms. The average Bonchev–Trinajstić information content (AvgIpc) is 3.14. The molecule has 1 saturated heterocycles. The number of nitrogens with zero attached hydrogens (tertiary/aromatic N) is 4. The van der Waals surface area contributed by atoms with Crippen LogP contribution in [-0.2, 0) is 16.1 Å². The molecule has 1 aliphatic rings. The van der Waals surface area contributed by atoms with Crippen LogP contribution in [0.1, 0.15) is 37.4 Å². The van der Waals surface area contributed by atoms with Crippen molar-refractivity contribution < 1.29 is 14.3 Å². The predicted octanol–water partition coefficient (Wildman–Crippen LogP) is 3.50. The Bertz CT molecular complexity index is 844. The molecule has 3 rings (SSSR count). The van der Waals surface area contributed by atoms with Gasteiger partial charge in [0.15, 0.2) is 0 Å². The lowest BCUT2D eigenvalue weighted by atomic mass is 10.0. The van der Waals surface area contributed by atoms with Gasteiger partial charge >= 0.3 is 12.0 Å². The molecule has 7 heteroatoms. The number of ether oxygens (including phenoxy) is 1. The van der Waals surface area contributed by atoms with Gasteiger partial charge in [0.2, 0.25) is 0 Å². The second kappa shape index (κ2) is 9.71. The van der Waals surface area contributed by atoms with Crippen LogP contribution >= 0.6 is 0 Å². The van der Waals surface area contributed by atoms with Crippen LogP contribution in [0.15, 0.2) is 54.9 Å². The van der Waals surface area contributed by atoms with Crippen molar-refractivity contribution in [2.24, 2.45) is 5.92 Å². The van der Waals surface area contributed by atoms with E-state index in [1.165, 1.54) is 4.90 Å². The van der Waals surface area contributed by atoms with E-state index < -0.39 is 12.0 Å². The zero-order valence-corrected chi connectivity index (χ0v) is 18.1. The molecule has 0 spiro atoms. The third-order valence-electron chi connectivity index (χ3n) is 5.47. The third-order valence-corrected chi connectivity index (χ3v) is 5.47. The van der Waals surface area contributed by atoms with Gasteiger partial charge in [0, 0.05) is 33.0 Å². The van der Waals surface area contributed by atoms with E-state index >= 15 is 0 Å². The molecule has 2 amide bonds. The topological polar surface area (TPSA) is 66.0 Å². The van der Waals surface area contributed by atoms with Crippen molar-refractivity contribution in [3.05, 3.63) is 66.0 Å². The van der Waals surface area contributed by atoms with Crippen molar-refractivity contribution in [1.82, 2.24) is 19.9 Å². The smallest absolute Gasteiger partial charge is 0.335 e. The average molecular weight is 411 g/mol. The van der Waals surface area contributed by atoms with Crippen molar-refractivity contribution in [2.75, 3.05) is 20.6 Å². The maximum Gasteiger partial charge on any atom is 0.335 e. The van der Waals surface area contributed by atoms with E-state index in [2.05, 4.69) is 4.98 Å². The van der Waals surface area contributed by atoms with Gasteiger partial charge in [-0.25, -0.2) is 19.6 Å². The molecule has 0 saturated carbocycles. The van der Waals surface area contributed by atoms with Crippen molar-refractivity contribution in [1.29, 1.82) is 0 Å². The summed E-state index contributed by atoms with van der Waals surface area (Å²) in [7, 11) is 3.56. The number of aromatic nitrogens is 1. The van der Waals surface area contributed by atoms with Gasteiger partial charge in [0.25, 0.3) is 0 Å². The van der Waals surface area contributed by atoms with E-state index in [4.69, 9.17) is 4.74 Å². The lowest BCUT2D eigenvalue weighted by Gasteiger charge is -2.37. The predicted molar refractivity (Wildman–Crippen MR) is 114 cm³/mol. The number of rotatable bonds is 6. The van der Waals surface area contributed by atoms with Crippen LogP contribution in [0.5, 0.6) is 0 Å². The molecule has 2 aromatic rings. The van der Waals surface area contributed by atoms with E-state index in [0.29, 0.717) is 0 Å². The standard InChI is InChI=1S/C23H30N4O3/c1-17(2)21(22(28)30-16-18-9-6-5-7-10-18)26(4)23(29)27-20(12-14-25(27)3)19-11-8-13-24-15-19/h5-11,13,15,17,20-21H,12,14,16H2,1-4H3/t20-,21-/m0/s1. The molecule has 2 heterocycles.